The van der Waals surface area contributed by atoms with Crippen LogP contribution >= 0.6 is 12.4 Å². The second-order valence-electron chi connectivity index (χ2n) is 6.70. The maximum Gasteiger partial charge on any atom is 0.238 e. The van der Waals surface area contributed by atoms with Gasteiger partial charge in [-0.1, -0.05) is 51.0 Å². The first kappa shape index (κ1) is 22.9. The second kappa shape index (κ2) is 10.9. The molecule has 1 aromatic carbocycles. The summed E-state index contributed by atoms with van der Waals surface area (Å²) < 4.78 is 24.4. The van der Waals surface area contributed by atoms with E-state index in [0.29, 0.717) is 26.1 Å². The van der Waals surface area contributed by atoms with Crippen LogP contribution in [0.5, 0.6) is 0 Å². The molecule has 1 heterocycles. The topological polar surface area (TPSA) is 66.5 Å². The fourth-order valence-corrected chi connectivity index (χ4v) is 4.52. The average Bonchev–Trinajstić information content (AvgIpc) is 2.61. The number of carbonyl (C=O) groups excluding carboxylic acids is 1. The van der Waals surface area contributed by atoms with E-state index in [1.165, 1.54) is 5.56 Å². The molecule has 7 heteroatoms. The number of rotatable bonds is 8. The van der Waals surface area contributed by atoms with E-state index in [1.54, 1.807) is 4.90 Å². The number of amides is 1. The fraction of sp³-hybridized carbons (Fsp3) is 0.632. The van der Waals surface area contributed by atoms with Crippen molar-refractivity contribution in [2.45, 2.75) is 45.6 Å². The molecule has 1 aromatic rings. The molecule has 1 unspecified atom stereocenters. The van der Waals surface area contributed by atoms with Gasteiger partial charge in [0, 0.05) is 19.6 Å². The summed E-state index contributed by atoms with van der Waals surface area (Å²) in [5, 5.41) is 3.31. The molecular formula is C19H31ClN2O3S. The minimum atomic E-state index is -3.33. The highest BCUT2D eigenvalue weighted by atomic mass is 35.5. The van der Waals surface area contributed by atoms with Gasteiger partial charge in [0.05, 0.1) is 11.8 Å². The van der Waals surface area contributed by atoms with Gasteiger partial charge < -0.3 is 10.2 Å². The normalized spacial score (nSPS) is 17.6. The molecular weight excluding hydrogens is 372 g/mol. The molecule has 0 bridgehead atoms. The monoisotopic (exact) mass is 402 g/mol. The molecule has 0 aliphatic carbocycles. The van der Waals surface area contributed by atoms with Gasteiger partial charge in [-0.2, -0.15) is 0 Å². The fourth-order valence-electron chi connectivity index (χ4n) is 3.19. The maximum absolute atomic E-state index is 12.7. The number of nitrogens with zero attached hydrogens (tertiary/aromatic N) is 1. The van der Waals surface area contributed by atoms with E-state index in [0.717, 1.165) is 24.8 Å². The van der Waals surface area contributed by atoms with Gasteiger partial charge in [0.15, 0.2) is 9.84 Å². The highest BCUT2D eigenvalue weighted by Crippen LogP contribution is 2.23. The van der Waals surface area contributed by atoms with Crippen molar-refractivity contribution in [1.82, 2.24) is 10.2 Å². The third-order valence-electron chi connectivity index (χ3n) is 4.74. The number of carbonyl (C=O) groups is 1. The first-order valence-corrected chi connectivity index (χ1v) is 11.1. The third-order valence-corrected chi connectivity index (χ3v) is 6.34. The maximum atomic E-state index is 12.7. The zero-order chi connectivity index (χ0) is 18.3. The van der Waals surface area contributed by atoms with E-state index < -0.39 is 9.84 Å². The van der Waals surface area contributed by atoms with Crippen LogP contribution in [0.15, 0.2) is 24.3 Å². The lowest BCUT2D eigenvalue weighted by Crippen LogP contribution is -2.50. The van der Waals surface area contributed by atoms with Crippen LogP contribution in [0.3, 0.4) is 0 Å². The molecule has 1 N–H and O–H groups in total. The molecule has 1 saturated heterocycles. The molecule has 1 aliphatic heterocycles. The van der Waals surface area contributed by atoms with Crippen LogP contribution in [-0.2, 0) is 21.1 Å². The largest absolute Gasteiger partial charge is 0.332 e. The zero-order valence-corrected chi connectivity index (χ0v) is 17.4. The lowest BCUT2D eigenvalue weighted by molar-refractivity contribution is -0.131. The molecule has 1 aliphatic rings. The van der Waals surface area contributed by atoms with E-state index in [-0.39, 0.29) is 35.9 Å². The van der Waals surface area contributed by atoms with Gasteiger partial charge in [-0.3, -0.25) is 4.79 Å². The third kappa shape index (κ3) is 6.56. The van der Waals surface area contributed by atoms with Crippen molar-refractivity contribution >= 4 is 28.2 Å². The lowest BCUT2D eigenvalue weighted by Gasteiger charge is -2.36. The molecule has 0 saturated carbocycles. The Bertz CT molecular complexity index is 662. The molecule has 148 valence electrons. The summed E-state index contributed by atoms with van der Waals surface area (Å²) in [7, 11) is -3.33. The minimum absolute atomic E-state index is 0. The highest BCUT2D eigenvalue weighted by molar-refractivity contribution is 7.92. The van der Waals surface area contributed by atoms with Crippen molar-refractivity contribution in [2.24, 2.45) is 0 Å². The Morgan fingerprint density at radius 2 is 1.88 bits per heavy atom. The van der Waals surface area contributed by atoms with E-state index in [4.69, 9.17) is 0 Å². The van der Waals surface area contributed by atoms with E-state index in [1.807, 2.05) is 19.1 Å². The van der Waals surface area contributed by atoms with Crippen LogP contribution in [0.2, 0.25) is 0 Å². The van der Waals surface area contributed by atoms with Crippen molar-refractivity contribution in [2.75, 3.05) is 31.1 Å². The van der Waals surface area contributed by atoms with Crippen molar-refractivity contribution in [3.05, 3.63) is 35.4 Å². The Morgan fingerprint density at radius 3 is 2.50 bits per heavy atom. The Labute approximate surface area is 163 Å². The number of aryl methyl sites for hydroxylation is 1. The molecule has 0 radical (unpaired) electrons. The summed E-state index contributed by atoms with van der Waals surface area (Å²) in [5.41, 5.74) is 2.31. The number of sulfone groups is 1. The molecule has 0 spiro atoms. The molecule has 26 heavy (non-hydrogen) atoms. The average molecular weight is 403 g/mol. The quantitative estimate of drug-likeness (QED) is 0.679. The number of piperazine rings is 1. The lowest BCUT2D eigenvalue weighted by atomic mass is 10.0. The summed E-state index contributed by atoms with van der Waals surface area (Å²) in [5.74, 6) is -0.544. The Kier molecular flexibility index (Phi) is 9.61. The zero-order valence-electron chi connectivity index (χ0n) is 15.7. The number of benzene rings is 1. The standard InChI is InChI=1S/C19H30N2O3S.ClH/c1-3-5-6-13-25(23,24)15-19(22)21-12-11-20-14-18(21)17-9-7-16(4-2)8-10-17;/h7-10,18,20H,3-6,11-15H2,1-2H3;1H. The Balaban J connectivity index is 0.00000338. The number of unbranched alkanes of at least 4 members (excludes halogenated alkanes) is 2. The summed E-state index contributed by atoms with van der Waals surface area (Å²) in [4.78, 5) is 14.4. The van der Waals surface area contributed by atoms with Gasteiger partial charge in [0.2, 0.25) is 5.91 Å². The smallest absolute Gasteiger partial charge is 0.238 e. The summed E-state index contributed by atoms with van der Waals surface area (Å²) in [6.45, 7) is 6.05. The first-order valence-electron chi connectivity index (χ1n) is 9.26. The van der Waals surface area contributed by atoms with Crippen LogP contribution < -0.4 is 5.32 Å². The Morgan fingerprint density at radius 1 is 1.19 bits per heavy atom. The SMILES string of the molecule is CCCCCS(=O)(=O)CC(=O)N1CCNCC1c1ccc(CC)cc1.Cl. The van der Waals surface area contributed by atoms with Crippen LogP contribution in [-0.4, -0.2) is 50.4 Å². The number of hydrogen-bond acceptors (Lipinski definition) is 4. The van der Waals surface area contributed by atoms with Crippen LogP contribution in [0, 0.1) is 0 Å². The number of nitrogens with one attached hydrogen (secondary N) is 1. The van der Waals surface area contributed by atoms with Crippen LogP contribution in [0.1, 0.15) is 50.3 Å². The first-order chi connectivity index (χ1) is 12.0. The van der Waals surface area contributed by atoms with Gasteiger partial charge in [-0.25, -0.2) is 8.42 Å². The van der Waals surface area contributed by atoms with E-state index in [2.05, 4.69) is 24.4 Å². The predicted octanol–water partition coefficient (Wildman–Crippen LogP) is 2.75. The van der Waals surface area contributed by atoms with Crippen molar-refractivity contribution in [3.8, 4) is 0 Å². The van der Waals surface area contributed by atoms with E-state index in [9.17, 15) is 13.2 Å². The molecule has 1 atom stereocenters. The van der Waals surface area contributed by atoms with E-state index >= 15 is 0 Å². The summed E-state index contributed by atoms with van der Waals surface area (Å²) in [6, 6.07) is 8.15. The van der Waals surface area contributed by atoms with Gasteiger partial charge in [0.1, 0.15) is 5.75 Å². The molecule has 2 rings (SSSR count). The van der Waals surface area contributed by atoms with Gasteiger partial charge in [-0.15, -0.1) is 12.4 Å². The summed E-state index contributed by atoms with van der Waals surface area (Å²) in [6.07, 6.45) is 3.46. The molecule has 5 nitrogen and oxygen atoms in total. The predicted molar refractivity (Wildman–Crippen MR) is 109 cm³/mol. The van der Waals surface area contributed by atoms with Crippen molar-refractivity contribution in [3.63, 3.8) is 0 Å². The van der Waals surface area contributed by atoms with Crippen molar-refractivity contribution in [1.29, 1.82) is 0 Å². The minimum Gasteiger partial charge on any atom is -0.332 e. The molecule has 0 aromatic heterocycles. The van der Waals surface area contributed by atoms with Crippen molar-refractivity contribution < 1.29 is 13.2 Å². The van der Waals surface area contributed by atoms with Gasteiger partial charge in [-0.05, 0) is 24.0 Å². The van der Waals surface area contributed by atoms with Crippen LogP contribution in [0.25, 0.3) is 0 Å². The van der Waals surface area contributed by atoms with Gasteiger partial charge >= 0.3 is 0 Å². The van der Waals surface area contributed by atoms with Crippen LogP contribution in [0.4, 0.5) is 0 Å². The Hall–Kier alpha value is -1.11. The second-order valence-corrected chi connectivity index (χ2v) is 8.89. The molecule has 1 fully saturated rings. The van der Waals surface area contributed by atoms with Gasteiger partial charge in [0.25, 0.3) is 0 Å². The summed E-state index contributed by atoms with van der Waals surface area (Å²) >= 11 is 0. The molecule has 1 amide bonds. The number of halogens is 1. The number of hydrogen-bond donors (Lipinski definition) is 1. The highest BCUT2D eigenvalue weighted by Gasteiger charge is 2.30.